The monoisotopic (exact) mass is 208 g/mol. The highest BCUT2D eigenvalue weighted by Gasteiger charge is 2.09. The third kappa shape index (κ3) is 2.69. The highest BCUT2D eigenvalue weighted by Crippen LogP contribution is 2.20. The Hall–Kier alpha value is -1.09. The van der Waals surface area contributed by atoms with E-state index in [0.29, 0.717) is 0 Å². The summed E-state index contributed by atoms with van der Waals surface area (Å²) in [6.07, 6.45) is 1.31. The van der Waals surface area contributed by atoms with Crippen LogP contribution in [0.15, 0.2) is 12.3 Å². The average Bonchev–Trinajstić information content (AvgIpc) is 2.21. The predicted octanol–water partition coefficient (Wildman–Crippen LogP) is 2.29. The number of hydrogen-bond donors (Lipinski definition) is 1. The van der Waals surface area contributed by atoms with Crippen LogP contribution >= 0.6 is 0 Å². The Morgan fingerprint density at radius 3 is 2.40 bits per heavy atom. The molecule has 3 nitrogen and oxygen atoms in total. The quantitative estimate of drug-likeness (QED) is 0.824. The first-order valence-electron chi connectivity index (χ1n) is 5.49. The molecule has 1 atom stereocenters. The minimum Gasteiger partial charge on any atom is -0.389 e. The summed E-state index contributed by atoms with van der Waals surface area (Å²) in [7, 11) is 0. The Morgan fingerprint density at radius 2 is 2.00 bits per heavy atom. The molecule has 1 heterocycles. The molecule has 0 radical (unpaired) electrons. The number of hydrogen-bond acceptors (Lipinski definition) is 3. The van der Waals surface area contributed by atoms with Crippen molar-refractivity contribution >= 4 is 5.82 Å². The maximum absolute atomic E-state index is 9.44. The third-order valence-corrected chi connectivity index (χ3v) is 2.62. The van der Waals surface area contributed by atoms with Crippen molar-refractivity contribution in [3.8, 4) is 0 Å². The van der Waals surface area contributed by atoms with Gasteiger partial charge in [-0.1, -0.05) is 0 Å². The van der Waals surface area contributed by atoms with Gasteiger partial charge >= 0.3 is 0 Å². The normalized spacial score (nSPS) is 12.6. The van der Waals surface area contributed by atoms with E-state index in [9.17, 15) is 5.11 Å². The van der Waals surface area contributed by atoms with Gasteiger partial charge in [0, 0.05) is 19.3 Å². The Kier molecular flexibility index (Phi) is 4.09. The lowest BCUT2D eigenvalue weighted by Crippen LogP contribution is -2.24. The van der Waals surface area contributed by atoms with E-state index in [2.05, 4.69) is 23.7 Å². The molecule has 0 saturated heterocycles. The first-order valence-corrected chi connectivity index (χ1v) is 5.49. The number of nitrogens with zero attached hydrogens (tertiary/aromatic N) is 2. The summed E-state index contributed by atoms with van der Waals surface area (Å²) in [5.74, 6) is 1.02. The highest BCUT2D eigenvalue weighted by molar-refractivity contribution is 5.47. The van der Waals surface area contributed by atoms with Crippen molar-refractivity contribution in [1.29, 1.82) is 0 Å². The SMILES string of the molecule is CCN(CC)c1ncc([C@H](C)O)cc1C. The second-order valence-corrected chi connectivity index (χ2v) is 3.76. The fourth-order valence-electron chi connectivity index (χ4n) is 1.67. The van der Waals surface area contributed by atoms with Gasteiger partial charge in [0.1, 0.15) is 5.82 Å². The largest absolute Gasteiger partial charge is 0.389 e. The summed E-state index contributed by atoms with van der Waals surface area (Å²) in [5, 5.41) is 9.44. The topological polar surface area (TPSA) is 36.4 Å². The Bertz CT molecular complexity index is 319. The van der Waals surface area contributed by atoms with E-state index in [4.69, 9.17) is 0 Å². The minimum absolute atomic E-state index is 0.443. The number of rotatable bonds is 4. The van der Waals surface area contributed by atoms with Crippen LogP contribution < -0.4 is 4.90 Å². The summed E-state index contributed by atoms with van der Waals surface area (Å²) in [6, 6.07) is 2.01. The molecule has 15 heavy (non-hydrogen) atoms. The van der Waals surface area contributed by atoms with Crippen molar-refractivity contribution in [1.82, 2.24) is 4.98 Å². The van der Waals surface area contributed by atoms with Crippen LogP contribution in [0, 0.1) is 6.92 Å². The molecule has 1 N–H and O–H groups in total. The molecule has 0 unspecified atom stereocenters. The van der Waals surface area contributed by atoms with Crippen molar-refractivity contribution < 1.29 is 5.11 Å². The standard InChI is InChI=1S/C12H20N2O/c1-5-14(6-2)12-9(3)7-11(8-13-12)10(4)15/h7-8,10,15H,5-6H2,1-4H3/t10-/m0/s1. The average molecular weight is 208 g/mol. The summed E-state index contributed by atoms with van der Waals surface area (Å²) in [6.45, 7) is 9.94. The molecule has 1 aromatic rings. The highest BCUT2D eigenvalue weighted by atomic mass is 16.3. The lowest BCUT2D eigenvalue weighted by molar-refractivity contribution is 0.199. The molecule has 0 saturated carbocycles. The van der Waals surface area contributed by atoms with E-state index in [0.717, 1.165) is 30.0 Å². The van der Waals surface area contributed by atoms with Gasteiger partial charge < -0.3 is 10.0 Å². The molecule has 0 aliphatic rings. The van der Waals surface area contributed by atoms with Crippen molar-refractivity contribution in [2.24, 2.45) is 0 Å². The van der Waals surface area contributed by atoms with Crippen LogP contribution in [0.3, 0.4) is 0 Å². The second kappa shape index (κ2) is 5.12. The van der Waals surface area contributed by atoms with Crippen LogP contribution in [0.5, 0.6) is 0 Å². The zero-order chi connectivity index (χ0) is 11.4. The smallest absolute Gasteiger partial charge is 0.131 e. The molecule has 0 amide bonds. The van der Waals surface area contributed by atoms with Crippen LogP contribution in [0.4, 0.5) is 5.82 Å². The molecule has 0 fully saturated rings. The summed E-state index contributed by atoms with van der Waals surface area (Å²) in [4.78, 5) is 6.62. The van der Waals surface area contributed by atoms with Gasteiger partial charge in [-0.3, -0.25) is 0 Å². The third-order valence-electron chi connectivity index (χ3n) is 2.62. The Morgan fingerprint density at radius 1 is 1.40 bits per heavy atom. The van der Waals surface area contributed by atoms with Gasteiger partial charge in [0.05, 0.1) is 6.10 Å². The van der Waals surface area contributed by atoms with Crippen molar-refractivity contribution in [2.45, 2.75) is 33.8 Å². The number of pyridine rings is 1. The van der Waals surface area contributed by atoms with Gasteiger partial charge in [-0.15, -0.1) is 0 Å². The molecular formula is C12H20N2O. The molecule has 3 heteroatoms. The predicted molar refractivity (Wildman–Crippen MR) is 63.2 cm³/mol. The van der Waals surface area contributed by atoms with Gasteiger partial charge in [0.15, 0.2) is 0 Å². The zero-order valence-electron chi connectivity index (χ0n) is 9.99. The van der Waals surface area contributed by atoms with Gasteiger partial charge in [-0.05, 0) is 44.9 Å². The van der Waals surface area contributed by atoms with E-state index in [1.807, 2.05) is 13.0 Å². The van der Waals surface area contributed by atoms with Crippen LogP contribution in [0.1, 0.15) is 38.0 Å². The molecule has 0 bridgehead atoms. The minimum atomic E-state index is -0.443. The molecule has 0 aliphatic heterocycles. The first kappa shape index (κ1) is 12.0. The summed E-state index contributed by atoms with van der Waals surface area (Å²) < 4.78 is 0. The van der Waals surface area contributed by atoms with E-state index in [-0.39, 0.29) is 0 Å². The molecular weight excluding hydrogens is 188 g/mol. The number of aliphatic hydroxyl groups excluding tert-OH is 1. The first-order chi connectivity index (χ1) is 7.10. The molecule has 84 valence electrons. The lowest BCUT2D eigenvalue weighted by atomic mass is 10.1. The summed E-state index contributed by atoms with van der Waals surface area (Å²) in [5.41, 5.74) is 2.00. The van der Waals surface area contributed by atoms with E-state index in [1.54, 1.807) is 13.1 Å². The van der Waals surface area contributed by atoms with Crippen molar-refractivity contribution in [2.75, 3.05) is 18.0 Å². The summed E-state index contributed by atoms with van der Waals surface area (Å²) >= 11 is 0. The van der Waals surface area contributed by atoms with Crippen molar-refractivity contribution in [3.63, 3.8) is 0 Å². The lowest BCUT2D eigenvalue weighted by Gasteiger charge is -2.22. The van der Waals surface area contributed by atoms with E-state index < -0.39 is 6.10 Å². The number of aliphatic hydroxyl groups is 1. The van der Waals surface area contributed by atoms with Gasteiger partial charge in [-0.25, -0.2) is 4.98 Å². The van der Waals surface area contributed by atoms with Crippen molar-refractivity contribution in [3.05, 3.63) is 23.4 Å². The van der Waals surface area contributed by atoms with Crippen LogP contribution in [-0.2, 0) is 0 Å². The molecule has 1 rings (SSSR count). The van der Waals surface area contributed by atoms with E-state index >= 15 is 0 Å². The molecule has 0 spiro atoms. The maximum Gasteiger partial charge on any atom is 0.131 e. The number of aromatic nitrogens is 1. The van der Waals surface area contributed by atoms with Crippen LogP contribution in [0.25, 0.3) is 0 Å². The van der Waals surface area contributed by atoms with Gasteiger partial charge in [0.25, 0.3) is 0 Å². The Labute approximate surface area is 91.8 Å². The maximum atomic E-state index is 9.44. The zero-order valence-corrected chi connectivity index (χ0v) is 9.99. The fraction of sp³-hybridized carbons (Fsp3) is 0.583. The molecule has 0 aliphatic carbocycles. The van der Waals surface area contributed by atoms with Gasteiger partial charge in [-0.2, -0.15) is 0 Å². The second-order valence-electron chi connectivity index (χ2n) is 3.76. The Balaban J connectivity index is 3.02. The van der Waals surface area contributed by atoms with Crippen LogP contribution in [0.2, 0.25) is 0 Å². The van der Waals surface area contributed by atoms with Crippen LogP contribution in [-0.4, -0.2) is 23.2 Å². The number of anilines is 1. The number of aryl methyl sites for hydroxylation is 1. The van der Waals surface area contributed by atoms with E-state index in [1.165, 1.54) is 0 Å². The van der Waals surface area contributed by atoms with Gasteiger partial charge in [0.2, 0.25) is 0 Å². The molecule has 0 aromatic carbocycles. The molecule has 1 aromatic heterocycles. The fourth-order valence-corrected chi connectivity index (χ4v) is 1.67.